The van der Waals surface area contributed by atoms with Crippen molar-refractivity contribution in [1.82, 2.24) is 0 Å². The summed E-state index contributed by atoms with van der Waals surface area (Å²) in [4.78, 5) is 0. The first-order valence-corrected chi connectivity index (χ1v) is 5.59. The molecule has 0 heterocycles. The quantitative estimate of drug-likeness (QED) is 0.917. The molecule has 1 rings (SSSR count). The second kappa shape index (κ2) is 5.47. The average Bonchev–Trinajstić information content (AvgIpc) is 2.22. The van der Waals surface area contributed by atoms with Gasteiger partial charge in [0.25, 0.3) is 0 Å². The number of ether oxygens (including phenoxy) is 1. The van der Waals surface area contributed by atoms with Crippen LogP contribution in [0.4, 0.5) is 4.39 Å². The third-order valence-corrected chi connectivity index (χ3v) is 2.90. The molecule has 0 bridgehead atoms. The lowest BCUT2D eigenvalue weighted by Gasteiger charge is -2.13. The zero-order chi connectivity index (χ0) is 11.4. The third kappa shape index (κ3) is 3.18. The Labute approximate surface area is 97.7 Å². The molecule has 0 fully saturated rings. The minimum atomic E-state index is -0.309. The molecule has 84 valence electrons. The van der Waals surface area contributed by atoms with Crippen molar-refractivity contribution in [2.75, 3.05) is 13.7 Å². The first kappa shape index (κ1) is 12.5. The van der Waals surface area contributed by atoms with Crippen molar-refractivity contribution in [1.29, 1.82) is 0 Å². The highest BCUT2D eigenvalue weighted by Gasteiger charge is 2.11. The zero-order valence-electron chi connectivity index (χ0n) is 8.89. The van der Waals surface area contributed by atoms with E-state index in [-0.39, 0.29) is 5.82 Å². The van der Waals surface area contributed by atoms with E-state index in [1.54, 1.807) is 13.2 Å². The number of rotatable bonds is 4. The van der Waals surface area contributed by atoms with Crippen LogP contribution in [-0.2, 0) is 6.42 Å². The standard InChI is InChI=1S/C11H15BrFNO/c1-7(6-14)3-8-4-9(12)10(13)5-11(8)15-2/h4-5,7H,3,6,14H2,1-2H3. The van der Waals surface area contributed by atoms with Crippen LogP contribution >= 0.6 is 15.9 Å². The first-order valence-electron chi connectivity index (χ1n) is 4.80. The number of hydrogen-bond donors (Lipinski definition) is 1. The van der Waals surface area contributed by atoms with Crippen molar-refractivity contribution in [3.05, 3.63) is 28.0 Å². The molecule has 2 nitrogen and oxygen atoms in total. The van der Waals surface area contributed by atoms with Gasteiger partial charge in [-0.1, -0.05) is 6.92 Å². The van der Waals surface area contributed by atoms with Gasteiger partial charge in [0.05, 0.1) is 11.6 Å². The topological polar surface area (TPSA) is 35.2 Å². The monoisotopic (exact) mass is 275 g/mol. The molecule has 1 unspecified atom stereocenters. The van der Waals surface area contributed by atoms with Gasteiger partial charge in [-0.05, 0) is 46.4 Å². The largest absolute Gasteiger partial charge is 0.496 e. The van der Waals surface area contributed by atoms with E-state index < -0.39 is 0 Å². The highest BCUT2D eigenvalue weighted by atomic mass is 79.9. The minimum Gasteiger partial charge on any atom is -0.496 e. The summed E-state index contributed by atoms with van der Waals surface area (Å²) in [6.45, 7) is 2.66. The molecule has 1 atom stereocenters. The molecule has 0 radical (unpaired) electrons. The molecule has 0 saturated heterocycles. The Balaban J connectivity index is 2.99. The molecule has 0 saturated carbocycles. The molecule has 0 aliphatic carbocycles. The molecule has 0 aliphatic rings. The van der Waals surface area contributed by atoms with E-state index in [1.807, 2.05) is 0 Å². The third-order valence-electron chi connectivity index (χ3n) is 2.29. The van der Waals surface area contributed by atoms with Crippen molar-refractivity contribution >= 4 is 15.9 Å². The van der Waals surface area contributed by atoms with E-state index in [0.29, 0.717) is 22.7 Å². The second-order valence-corrected chi connectivity index (χ2v) is 4.48. The van der Waals surface area contributed by atoms with Gasteiger partial charge in [0.15, 0.2) is 0 Å². The molecular formula is C11H15BrFNO. The predicted octanol–water partition coefficient (Wildman–Crippen LogP) is 2.73. The molecule has 15 heavy (non-hydrogen) atoms. The lowest BCUT2D eigenvalue weighted by Crippen LogP contribution is -2.13. The van der Waals surface area contributed by atoms with Crippen LogP contribution in [0, 0.1) is 11.7 Å². The van der Waals surface area contributed by atoms with Gasteiger partial charge in [0, 0.05) is 6.07 Å². The maximum absolute atomic E-state index is 13.2. The van der Waals surface area contributed by atoms with E-state index >= 15 is 0 Å². The summed E-state index contributed by atoms with van der Waals surface area (Å²) in [7, 11) is 1.54. The van der Waals surface area contributed by atoms with Gasteiger partial charge in [-0.2, -0.15) is 0 Å². The van der Waals surface area contributed by atoms with Gasteiger partial charge in [-0.3, -0.25) is 0 Å². The average molecular weight is 276 g/mol. The summed E-state index contributed by atoms with van der Waals surface area (Å²) in [5, 5.41) is 0. The summed E-state index contributed by atoms with van der Waals surface area (Å²) >= 11 is 3.16. The molecule has 2 N–H and O–H groups in total. The molecule has 0 amide bonds. The van der Waals surface area contributed by atoms with Crippen LogP contribution < -0.4 is 10.5 Å². The zero-order valence-corrected chi connectivity index (χ0v) is 10.5. The Morgan fingerprint density at radius 1 is 1.53 bits per heavy atom. The SMILES string of the molecule is COc1cc(F)c(Br)cc1CC(C)CN. The van der Waals surface area contributed by atoms with Crippen LogP contribution in [0.25, 0.3) is 0 Å². The summed E-state index contributed by atoms with van der Waals surface area (Å²) in [5.74, 6) is 0.628. The summed E-state index contributed by atoms with van der Waals surface area (Å²) in [5.41, 5.74) is 6.53. The van der Waals surface area contributed by atoms with Crippen molar-refractivity contribution in [3.8, 4) is 5.75 Å². The van der Waals surface area contributed by atoms with Crippen molar-refractivity contribution in [3.63, 3.8) is 0 Å². The number of methoxy groups -OCH3 is 1. The number of benzene rings is 1. The fraction of sp³-hybridized carbons (Fsp3) is 0.455. The van der Waals surface area contributed by atoms with E-state index in [4.69, 9.17) is 10.5 Å². The Bertz CT molecular complexity index is 344. The fourth-order valence-corrected chi connectivity index (χ4v) is 1.77. The molecule has 1 aromatic rings. The van der Waals surface area contributed by atoms with Crippen molar-refractivity contribution in [2.45, 2.75) is 13.3 Å². The number of nitrogens with two attached hydrogens (primary N) is 1. The molecule has 1 aromatic carbocycles. The van der Waals surface area contributed by atoms with Gasteiger partial charge in [-0.15, -0.1) is 0 Å². The molecule has 4 heteroatoms. The van der Waals surface area contributed by atoms with Gasteiger partial charge in [0.1, 0.15) is 11.6 Å². The number of halogens is 2. The molecule has 0 spiro atoms. The van der Waals surface area contributed by atoms with Crippen molar-refractivity contribution in [2.24, 2.45) is 11.7 Å². The highest BCUT2D eigenvalue weighted by Crippen LogP contribution is 2.28. The lowest BCUT2D eigenvalue weighted by molar-refractivity contribution is 0.402. The highest BCUT2D eigenvalue weighted by molar-refractivity contribution is 9.10. The lowest BCUT2D eigenvalue weighted by atomic mass is 10.0. The van der Waals surface area contributed by atoms with Crippen LogP contribution in [-0.4, -0.2) is 13.7 Å². The fourth-order valence-electron chi connectivity index (χ4n) is 1.38. The smallest absolute Gasteiger partial charge is 0.141 e. The molecule has 0 aliphatic heterocycles. The van der Waals surface area contributed by atoms with Crippen LogP contribution in [0.1, 0.15) is 12.5 Å². The van der Waals surface area contributed by atoms with Gasteiger partial charge >= 0.3 is 0 Å². The number of hydrogen-bond acceptors (Lipinski definition) is 2. The Hall–Kier alpha value is -0.610. The summed E-state index contributed by atoms with van der Waals surface area (Å²) in [6.07, 6.45) is 0.790. The molecular weight excluding hydrogens is 261 g/mol. The Morgan fingerprint density at radius 2 is 2.20 bits per heavy atom. The van der Waals surface area contributed by atoms with E-state index in [1.165, 1.54) is 6.07 Å². The normalized spacial score (nSPS) is 12.6. The van der Waals surface area contributed by atoms with E-state index in [9.17, 15) is 4.39 Å². The van der Waals surface area contributed by atoms with Crippen molar-refractivity contribution < 1.29 is 9.13 Å². The van der Waals surface area contributed by atoms with Gasteiger partial charge in [-0.25, -0.2) is 4.39 Å². The predicted molar refractivity (Wildman–Crippen MR) is 62.6 cm³/mol. The minimum absolute atomic E-state index is 0.309. The molecule has 0 aromatic heterocycles. The Kier molecular flexibility index (Phi) is 4.54. The van der Waals surface area contributed by atoms with Gasteiger partial charge < -0.3 is 10.5 Å². The second-order valence-electron chi connectivity index (χ2n) is 3.62. The Morgan fingerprint density at radius 3 is 2.73 bits per heavy atom. The van der Waals surface area contributed by atoms with E-state index in [2.05, 4.69) is 22.9 Å². The summed E-state index contributed by atoms with van der Waals surface area (Å²) < 4.78 is 18.8. The van der Waals surface area contributed by atoms with Gasteiger partial charge in [0.2, 0.25) is 0 Å². The van der Waals surface area contributed by atoms with Crippen LogP contribution in [0.3, 0.4) is 0 Å². The van der Waals surface area contributed by atoms with Crippen LogP contribution in [0.5, 0.6) is 5.75 Å². The van der Waals surface area contributed by atoms with Crippen LogP contribution in [0.2, 0.25) is 0 Å². The maximum Gasteiger partial charge on any atom is 0.141 e. The summed E-state index contributed by atoms with van der Waals surface area (Å²) in [6, 6.07) is 3.14. The van der Waals surface area contributed by atoms with E-state index in [0.717, 1.165) is 12.0 Å². The van der Waals surface area contributed by atoms with Crippen LogP contribution in [0.15, 0.2) is 16.6 Å². The maximum atomic E-state index is 13.2. The first-order chi connectivity index (χ1) is 7.08.